The van der Waals surface area contributed by atoms with Crippen LogP contribution < -0.4 is 16.0 Å². The van der Waals surface area contributed by atoms with Gasteiger partial charge in [0.15, 0.2) is 0 Å². The maximum absolute atomic E-state index is 5.64. The number of thiocarbonyl (C=S) groups is 3. The van der Waals surface area contributed by atoms with Gasteiger partial charge in [-0.05, 0) is 16.7 Å². The maximum atomic E-state index is 5.64. The van der Waals surface area contributed by atoms with Crippen molar-refractivity contribution >= 4 is 108 Å². The Balaban J connectivity index is 1.33. The number of hydrogen-bond acceptors (Lipinski definition) is 8. The Morgan fingerprint density at radius 3 is 1.36 bits per heavy atom. The maximum Gasteiger partial charge on any atom is 0.134 e. The van der Waals surface area contributed by atoms with E-state index in [-0.39, 0.29) is 0 Å². The Hall–Kier alpha value is -0.920. The zero-order chi connectivity index (χ0) is 29.7. The van der Waals surface area contributed by atoms with Gasteiger partial charge in [0.2, 0.25) is 0 Å². The van der Waals surface area contributed by atoms with Crippen LogP contribution in [0, 0.1) is 0 Å². The van der Waals surface area contributed by atoms with Crippen LogP contribution in [0.5, 0.6) is 0 Å². The van der Waals surface area contributed by atoms with Gasteiger partial charge in [0, 0.05) is 59.4 Å². The van der Waals surface area contributed by atoms with Gasteiger partial charge in [-0.1, -0.05) is 163 Å². The number of hydrogen-bond donors (Lipinski definition) is 3. The Morgan fingerprint density at radius 2 is 0.905 bits per heavy atom. The minimum atomic E-state index is 0.510. The molecule has 0 aromatic heterocycles. The molecule has 0 aliphatic rings. The van der Waals surface area contributed by atoms with Crippen LogP contribution in [0.15, 0.2) is 91.0 Å². The average Bonchev–Trinajstić information content (AvgIpc) is 3.03. The van der Waals surface area contributed by atoms with E-state index in [2.05, 4.69) is 88.7 Å². The van der Waals surface area contributed by atoms with E-state index in [9.17, 15) is 0 Å². The minimum absolute atomic E-state index is 0.510. The van der Waals surface area contributed by atoms with Crippen molar-refractivity contribution in [3.63, 3.8) is 0 Å². The molecule has 0 radical (unpaired) electrons. The van der Waals surface area contributed by atoms with Crippen molar-refractivity contribution in [3.05, 3.63) is 108 Å². The molecule has 0 spiro atoms. The van der Waals surface area contributed by atoms with Gasteiger partial charge in [-0.25, -0.2) is 0 Å². The second-order valence-corrected chi connectivity index (χ2v) is 16.8. The lowest BCUT2D eigenvalue weighted by Gasteiger charge is -2.17. The number of thioether (sulfide) groups is 5. The molecular weight excluding hydrogens is 671 g/mol. The molecule has 0 fully saturated rings. The summed E-state index contributed by atoms with van der Waals surface area (Å²) in [7, 11) is 0. The highest BCUT2D eigenvalue weighted by Crippen LogP contribution is 2.23. The Labute approximate surface area is 289 Å². The molecule has 3 nitrogen and oxygen atoms in total. The first-order chi connectivity index (χ1) is 20.6. The number of rotatable bonds is 17. The van der Waals surface area contributed by atoms with E-state index in [1.54, 1.807) is 35.3 Å². The summed E-state index contributed by atoms with van der Waals surface area (Å²) in [6, 6.07) is 31.1. The molecule has 0 aliphatic carbocycles. The fourth-order valence-corrected chi connectivity index (χ4v) is 9.62. The third kappa shape index (κ3) is 16.8. The highest BCUT2D eigenvalue weighted by Gasteiger charge is 2.12. The zero-order valence-electron chi connectivity index (χ0n) is 23.4. The van der Waals surface area contributed by atoms with Crippen molar-refractivity contribution in [3.8, 4) is 0 Å². The Bertz CT molecular complexity index is 1180. The van der Waals surface area contributed by atoms with Crippen LogP contribution in [0.2, 0.25) is 0 Å². The van der Waals surface area contributed by atoms with E-state index in [1.165, 1.54) is 16.7 Å². The van der Waals surface area contributed by atoms with Gasteiger partial charge in [0.05, 0.1) is 0 Å². The van der Waals surface area contributed by atoms with Gasteiger partial charge in [0.1, 0.15) is 13.0 Å². The average molecular weight is 708 g/mol. The standard InChI is InChI=1S/C31H37N3S8/c35-29(32-20-25-10-4-1-5-11-25)40-17-16-38-23-28(24-42-31(37)34-22-27-14-8-3-9-15-27)39-18-19-41-30(36)33-21-26-12-6-2-7-13-26/h1-15,28H,16-24H2,(H,32,35)(H,33,36)(H,34,37). The normalized spacial score (nSPS) is 11.4. The van der Waals surface area contributed by atoms with Crippen LogP contribution in [0.3, 0.4) is 0 Å². The summed E-state index contributed by atoms with van der Waals surface area (Å²) in [5.74, 6) is 6.19. The molecule has 0 aliphatic heterocycles. The van der Waals surface area contributed by atoms with Crippen molar-refractivity contribution in [1.29, 1.82) is 0 Å². The lowest BCUT2D eigenvalue weighted by molar-refractivity contribution is 0.939. The van der Waals surface area contributed by atoms with Gasteiger partial charge in [-0.2, -0.15) is 23.5 Å². The van der Waals surface area contributed by atoms with Crippen LogP contribution >= 0.6 is 95.5 Å². The molecule has 0 heterocycles. The van der Waals surface area contributed by atoms with Gasteiger partial charge < -0.3 is 16.0 Å². The first-order valence-electron chi connectivity index (χ1n) is 13.6. The van der Waals surface area contributed by atoms with Gasteiger partial charge in [0.25, 0.3) is 0 Å². The lowest BCUT2D eigenvalue weighted by atomic mass is 10.2. The first-order valence-corrected chi connectivity index (χ1v) is 20.0. The Morgan fingerprint density at radius 1 is 0.500 bits per heavy atom. The van der Waals surface area contributed by atoms with Gasteiger partial charge in [-0.15, -0.1) is 0 Å². The molecule has 11 heteroatoms. The summed E-state index contributed by atoms with van der Waals surface area (Å²) in [6.45, 7) is 2.31. The van der Waals surface area contributed by atoms with Crippen molar-refractivity contribution < 1.29 is 0 Å². The molecule has 3 aromatic rings. The third-order valence-corrected chi connectivity index (χ3v) is 13.1. The fraction of sp³-hybridized carbons (Fsp3) is 0.323. The third-order valence-electron chi connectivity index (χ3n) is 5.67. The van der Waals surface area contributed by atoms with E-state index < -0.39 is 0 Å². The minimum Gasteiger partial charge on any atom is -0.367 e. The zero-order valence-corrected chi connectivity index (χ0v) is 29.9. The molecule has 0 amide bonds. The summed E-state index contributed by atoms with van der Waals surface area (Å²) >= 11 is 25.9. The van der Waals surface area contributed by atoms with Crippen molar-refractivity contribution in [1.82, 2.24) is 16.0 Å². The van der Waals surface area contributed by atoms with E-state index in [0.29, 0.717) is 5.25 Å². The molecule has 1 unspecified atom stereocenters. The molecule has 3 N–H and O–H groups in total. The second-order valence-electron chi connectivity index (χ2n) is 8.96. The molecule has 0 saturated carbocycles. The van der Waals surface area contributed by atoms with Gasteiger partial charge in [-0.3, -0.25) is 0 Å². The molecule has 0 saturated heterocycles. The monoisotopic (exact) mass is 707 g/mol. The van der Waals surface area contributed by atoms with Crippen molar-refractivity contribution in [2.45, 2.75) is 24.9 Å². The number of benzene rings is 3. The highest BCUT2D eigenvalue weighted by atomic mass is 32.2. The van der Waals surface area contributed by atoms with Crippen LogP contribution in [-0.4, -0.2) is 52.7 Å². The molecular formula is C31H37N3S8. The predicted molar refractivity (Wildman–Crippen MR) is 209 cm³/mol. The molecule has 0 bridgehead atoms. The van der Waals surface area contributed by atoms with Crippen LogP contribution in [-0.2, 0) is 19.6 Å². The van der Waals surface area contributed by atoms with E-state index >= 15 is 0 Å². The topological polar surface area (TPSA) is 36.1 Å². The smallest absolute Gasteiger partial charge is 0.134 e. The largest absolute Gasteiger partial charge is 0.367 e. The molecule has 224 valence electrons. The first kappa shape index (κ1) is 35.6. The predicted octanol–water partition coefficient (Wildman–Crippen LogP) is 8.25. The SMILES string of the molecule is S=C(NCc1ccccc1)SCCSCC(CSC(=S)NCc1ccccc1)SCCSC(=S)NCc1ccccc1. The van der Waals surface area contributed by atoms with Crippen LogP contribution in [0.25, 0.3) is 0 Å². The van der Waals surface area contributed by atoms with Crippen LogP contribution in [0.4, 0.5) is 0 Å². The summed E-state index contributed by atoms with van der Waals surface area (Å²) < 4.78 is 2.59. The van der Waals surface area contributed by atoms with Crippen LogP contribution in [0.1, 0.15) is 16.7 Å². The summed E-state index contributed by atoms with van der Waals surface area (Å²) in [5.41, 5.74) is 3.73. The summed E-state index contributed by atoms with van der Waals surface area (Å²) in [6.07, 6.45) is 0. The lowest BCUT2D eigenvalue weighted by Crippen LogP contribution is -2.21. The van der Waals surface area contributed by atoms with Gasteiger partial charge >= 0.3 is 0 Å². The molecule has 42 heavy (non-hydrogen) atoms. The quantitative estimate of drug-likeness (QED) is 0.0939. The summed E-state index contributed by atoms with van der Waals surface area (Å²) in [5, 5.41) is 10.6. The molecule has 3 rings (SSSR count). The van der Waals surface area contributed by atoms with Crippen molar-refractivity contribution in [2.75, 3.05) is 34.5 Å². The van der Waals surface area contributed by atoms with E-state index in [4.69, 9.17) is 36.7 Å². The summed E-state index contributed by atoms with van der Waals surface area (Å²) in [4.78, 5) is 0. The molecule has 1 atom stereocenters. The highest BCUT2D eigenvalue weighted by molar-refractivity contribution is 8.24. The van der Waals surface area contributed by atoms with E-state index in [1.807, 2.05) is 41.7 Å². The number of nitrogens with one attached hydrogen (secondary N) is 3. The second kappa shape index (κ2) is 22.6. The fourth-order valence-electron chi connectivity index (χ4n) is 3.53. The molecule has 3 aromatic carbocycles. The Kier molecular flexibility index (Phi) is 19.1. The van der Waals surface area contributed by atoms with Crippen molar-refractivity contribution in [2.24, 2.45) is 0 Å². The van der Waals surface area contributed by atoms with E-state index in [0.717, 1.165) is 67.1 Å².